The topological polar surface area (TPSA) is 78.5 Å². The number of imide groups is 1. The number of benzene rings is 1. The summed E-state index contributed by atoms with van der Waals surface area (Å²) in [5.74, 6) is -0.245. The zero-order valence-electron chi connectivity index (χ0n) is 14.7. The van der Waals surface area contributed by atoms with Gasteiger partial charge in [0.05, 0.1) is 0 Å². The maximum absolute atomic E-state index is 12.8. The Hall–Kier alpha value is -2.37. The van der Waals surface area contributed by atoms with E-state index < -0.39 is 17.5 Å². The molecule has 0 unspecified atom stereocenters. The lowest BCUT2D eigenvalue weighted by atomic mass is 9.86. The molecule has 3 atom stereocenters. The lowest BCUT2D eigenvalue weighted by Crippen LogP contribution is -2.47. The number of nitrogens with zero attached hydrogens (tertiary/aromatic N) is 1. The third-order valence-electron chi connectivity index (χ3n) is 5.39. The van der Waals surface area contributed by atoms with Gasteiger partial charge in [0.25, 0.3) is 5.91 Å². The molecule has 25 heavy (non-hydrogen) atoms. The fraction of sp³-hybridized carbons (Fsp3) is 0.526. The van der Waals surface area contributed by atoms with E-state index in [4.69, 9.17) is 0 Å². The van der Waals surface area contributed by atoms with Crippen molar-refractivity contribution in [1.82, 2.24) is 15.5 Å². The standard InChI is InChI=1S/C19H25N3O3/c1-13-8-6-7-11-15(13)20-16(23)12-22-17(24)19(2,21-18(22)25)14-9-4-3-5-10-14/h3-5,9-10,13,15H,6-8,11-12H2,1-2H3,(H,20,23)(H,21,25)/t13-,15-,19+/m1/s1. The minimum absolute atomic E-state index is 0.127. The molecule has 2 N–H and O–H groups in total. The SMILES string of the molecule is C[C@@H]1CCCC[C@H]1NC(=O)CN1C(=O)N[C@@](C)(c2ccccc2)C1=O. The second-order valence-corrected chi connectivity index (χ2v) is 7.25. The summed E-state index contributed by atoms with van der Waals surface area (Å²) in [4.78, 5) is 38.4. The van der Waals surface area contributed by atoms with Gasteiger partial charge in [-0.25, -0.2) is 4.79 Å². The molecular weight excluding hydrogens is 318 g/mol. The molecule has 1 aromatic carbocycles. The van der Waals surface area contributed by atoms with Crippen LogP contribution < -0.4 is 10.6 Å². The molecule has 6 heteroatoms. The second kappa shape index (κ2) is 6.86. The van der Waals surface area contributed by atoms with Crippen molar-refractivity contribution < 1.29 is 14.4 Å². The van der Waals surface area contributed by atoms with Gasteiger partial charge in [0.15, 0.2) is 0 Å². The quantitative estimate of drug-likeness (QED) is 0.822. The van der Waals surface area contributed by atoms with E-state index in [2.05, 4.69) is 17.6 Å². The molecule has 6 nitrogen and oxygen atoms in total. The normalized spacial score (nSPS) is 29.4. The van der Waals surface area contributed by atoms with E-state index in [0.29, 0.717) is 11.5 Å². The highest BCUT2D eigenvalue weighted by atomic mass is 16.2. The first-order chi connectivity index (χ1) is 11.9. The second-order valence-electron chi connectivity index (χ2n) is 7.25. The van der Waals surface area contributed by atoms with Crippen LogP contribution in [-0.4, -0.2) is 35.3 Å². The van der Waals surface area contributed by atoms with Crippen molar-refractivity contribution in [2.24, 2.45) is 5.92 Å². The number of urea groups is 1. The van der Waals surface area contributed by atoms with Gasteiger partial charge in [-0.1, -0.05) is 50.1 Å². The van der Waals surface area contributed by atoms with E-state index in [1.54, 1.807) is 19.1 Å². The fourth-order valence-corrected chi connectivity index (χ4v) is 3.73. The molecule has 1 saturated heterocycles. The van der Waals surface area contributed by atoms with Crippen LogP contribution >= 0.6 is 0 Å². The summed E-state index contributed by atoms with van der Waals surface area (Å²) >= 11 is 0. The zero-order chi connectivity index (χ0) is 18.0. The van der Waals surface area contributed by atoms with Gasteiger partial charge in [-0.3, -0.25) is 14.5 Å². The first-order valence-electron chi connectivity index (χ1n) is 8.91. The highest BCUT2D eigenvalue weighted by molar-refractivity contribution is 6.09. The van der Waals surface area contributed by atoms with Crippen LogP contribution in [0.1, 0.15) is 45.1 Å². The minimum Gasteiger partial charge on any atom is -0.352 e. The van der Waals surface area contributed by atoms with Gasteiger partial charge in [-0.15, -0.1) is 0 Å². The molecule has 0 aromatic heterocycles. The van der Waals surface area contributed by atoms with E-state index in [9.17, 15) is 14.4 Å². The molecule has 0 bridgehead atoms. The Labute approximate surface area is 148 Å². The van der Waals surface area contributed by atoms with Crippen LogP contribution in [0.4, 0.5) is 4.79 Å². The van der Waals surface area contributed by atoms with Crippen LogP contribution in [0, 0.1) is 5.92 Å². The molecule has 1 aliphatic carbocycles. The molecular formula is C19H25N3O3. The predicted octanol–water partition coefficient (Wildman–Crippen LogP) is 2.15. The van der Waals surface area contributed by atoms with E-state index >= 15 is 0 Å². The van der Waals surface area contributed by atoms with Crippen LogP contribution in [-0.2, 0) is 15.1 Å². The van der Waals surface area contributed by atoms with Crippen molar-refractivity contribution in [2.45, 2.75) is 51.1 Å². The van der Waals surface area contributed by atoms with Gasteiger partial charge in [-0.2, -0.15) is 0 Å². The average molecular weight is 343 g/mol. The van der Waals surface area contributed by atoms with Crippen molar-refractivity contribution in [3.63, 3.8) is 0 Å². The van der Waals surface area contributed by atoms with Crippen LogP contribution in [0.3, 0.4) is 0 Å². The molecule has 2 aliphatic rings. The Balaban J connectivity index is 1.67. The minimum atomic E-state index is -1.13. The van der Waals surface area contributed by atoms with E-state index in [1.165, 1.54) is 6.42 Å². The van der Waals surface area contributed by atoms with Gasteiger partial charge in [-0.05, 0) is 31.2 Å². The van der Waals surface area contributed by atoms with Crippen molar-refractivity contribution in [3.05, 3.63) is 35.9 Å². The van der Waals surface area contributed by atoms with E-state index in [-0.39, 0.29) is 18.5 Å². The summed E-state index contributed by atoms with van der Waals surface area (Å²) in [6.07, 6.45) is 4.34. The molecule has 0 radical (unpaired) electrons. The van der Waals surface area contributed by atoms with Crippen LogP contribution in [0.15, 0.2) is 30.3 Å². The lowest BCUT2D eigenvalue weighted by molar-refractivity contribution is -0.135. The summed E-state index contributed by atoms with van der Waals surface area (Å²) in [5, 5.41) is 5.71. The van der Waals surface area contributed by atoms with Crippen molar-refractivity contribution in [2.75, 3.05) is 6.54 Å². The number of rotatable bonds is 4. The highest BCUT2D eigenvalue weighted by Gasteiger charge is 2.49. The molecule has 1 heterocycles. The number of carbonyl (C=O) groups is 3. The van der Waals surface area contributed by atoms with Crippen LogP contribution in [0.5, 0.6) is 0 Å². The Morgan fingerprint density at radius 3 is 2.60 bits per heavy atom. The van der Waals surface area contributed by atoms with Gasteiger partial charge in [0.2, 0.25) is 5.91 Å². The molecule has 1 aromatic rings. The van der Waals surface area contributed by atoms with Crippen molar-refractivity contribution in [3.8, 4) is 0 Å². The van der Waals surface area contributed by atoms with Crippen molar-refractivity contribution >= 4 is 17.8 Å². The summed E-state index contributed by atoms with van der Waals surface area (Å²) < 4.78 is 0. The van der Waals surface area contributed by atoms with E-state index in [1.807, 2.05) is 18.2 Å². The number of hydrogen-bond acceptors (Lipinski definition) is 3. The maximum Gasteiger partial charge on any atom is 0.325 e. The first-order valence-corrected chi connectivity index (χ1v) is 8.91. The summed E-state index contributed by atoms with van der Waals surface area (Å²) in [6.45, 7) is 3.56. The summed E-state index contributed by atoms with van der Waals surface area (Å²) in [5.41, 5.74) is -0.423. The molecule has 4 amide bonds. The Morgan fingerprint density at radius 1 is 1.24 bits per heavy atom. The smallest absolute Gasteiger partial charge is 0.325 e. The van der Waals surface area contributed by atoms with Crippen molar-refractivity contribution in [1.29, 1.82) is 0 Å². The lowest BCUT2D eigenvalue weighted by Gasteiger charge is -2.30. The fourth-order valence-electron chi connectivity index (χ4n) is 3.73. The Kier molecular flexibility index (Phi) is 4.79. The maximum atomic E-state index is 12.8. The molecule has 0 spiro atoms. The number of amides is 4. The van der Waals surface area contributed by atoms with Gasteiger partial charge in [0, 0.05) is 6.04 Å². The highest BCUT2D eigenvalue weighted by Crippen LogP contribution is 2.28. The number of nitrogens with one attached hydrogen (secondary N) is 2. The Bertz CT molecular complexity index is 676. The number of hydrogen-bond donors (Lipinski definition) is 2. The van der Waals surface area contributed by atoms with Gasteiger partial charge >= 0.3 is 6.03 Å². The molecule has 1 aliphatic heterocycles. The average Bonchev–Trinajstić information content (AvgIpc) is 2.82. The zero-order valence-corrected chi connectivity index (χ0v) is 14.7. The van der Waals surface area contributed by atoms with Crippen LogP contribution in [0.25, 0.3) is 0 Å². The van der Waals surface area contributed by atoms with Gasteiger partial charge in [0.1, 0.15) is 12.1 Å². The summed E-state index contributed by atoms with van der Waals surface area (Å²) in [6, 6.07) is 8.69. The molecule has 1 saturated carbocycles. The third-order valence-corrected chi connectivity index (χ3v) is 5.39. The monoisotopic (exact) mass is 343 g/mol. The molecule has 3 rings (SSSR count). The summed E-state index contributed by atoms with van der Waals surface area (Å²) in [7, 11) is 0. The van der Waals surface area contributed by atoms with Gasteiger partial charge < -0.3 is 10.6 Å². The predicted molar refractivity (Wildman–Crippen MR) is 93.6 cm³/mol. The molecule has 2 fully saturated rings. The number of carbonyl (C=O) groups excluding carboxylic acids is 3. The van der Waals surface area contributed by atoms with Crippen LogP contribution in [0.2, 0.25) is 0 Å². The third kappa shape index (κ3) is 3.38. The molecule has 134 valence electrons. The first kappa shape index (κ1) is 17.5. The van der Waals surface area contributed by atoms with E-state index in [0.717, 1.165) is 24.2 Å². The Morgan fingerprint density at radius 2 is 1.92 bits per heavy atom. The largest absolute Gasteiger partial charge is 0.352 e.